The molecule has 1 aromatic rings. The Morgan fingerprint density at radius 3 is 2.81 bits per heavy atom. The molecule has 116 valence electrons. The van der Waals surface area contributed by atoms with Crippen molar-refractivity contribution in [1.29, 1.82) is 0 Å². The average molecular weight is 291 g/mol. The fraction of sp³-hybridized carbons (Fsp3) is 0.562. The van der Waals surface area contributed by atoms with Gasteiger partial charge in [0.1, 0.15) is 0 Å². The molecule has 0 aliphatic heterocycles. The summed E-state index contributed by atoms with van der Waals surface area (Å²) in [6.07, 6.45) is 2.53. The van der Waals surface area contributed by atoms with Crippen LogP contribution in [-0.4, -0.2) is 39.3 Å². The van der Waals surface area contributed by atoms with E-state index in [4.69, 9.17) is 10.5 Å². The van der Waals surface area contributed by atoms with Gasteiger partial charge in [-0.05, 0) is 43.9 Å². The molecule has 1 amide bonds. The van der Waals surface area contributed by atoms with Crippen molar-refractivity contribution in [2.24, 2.45) is 5.92 Å². The SMILES string of the molecule is CNC(=O)c1ccc(N)c(N(CCOC)C(C)C2CC2)c1. The number of hydrogen-bond acceptors (Lipinski definition) is 4. The number of carbonyl (C=O) groups is 1. The third-order valence-corrected chi connectivity index (χ3v) is 4.16. The third-order valence-electron chi connectivity index (χ3n) is 4.16. The second-order valence-electron chi connectivity index (χ2n) is 5.62. The Morgan fingerprint density at radius 2 is 2.24 bits per heavy atom. The van der Waals surface area contributed by atoms with Crippen molar-refractivity contribution in [3.05, 3.63) is 23.8 Å². The molecule has 1 aromatic carbocycles. The van der Waals surface area contributed by atoms with Crippen LogP contribution in [0.15, 0.2) is 18.2 Å². The lowest BCUT2D eigenvalue weighted by molar-refractivity contribution is 0.0963. The highest BCUT2D eigenvalue weighted by Gasteiger charge is 2.32. The predicted molar refractivity (Wildman–Crippen MR) is 85.7 cm³/mol. The monoisotopic (exact) mass is 291 g/mol. The molecular weight excluding hydrogens is 266 g/mol. The van der Waals surface area contributed by atoms with Crippen LogP contribution in [-0.2, 0) is 4.74 Å². The van der Waals surface area contributed by atoms with E-state index in [1.807, 2.05) is 6.07 Å². The number of methoxy groups -OCH3 is 1. The molecular formula is C16H25N3O2. The fourth-order valence-corrected chi connectivity index (χ4v) is 2.64. The summed E-state index contributed by atoms with van der Waals surface area (Å²) in [5.41, 5.74) is 8.40. The van der Waals surface area contributed by atoms with Crippen molar-refractivity contribution in [2.45, 2.75) is 25.8 Å². The summed E-state index contributed by atoms with van der Waals surface area (Å²) in [6, 6.07) is 5.85. The van der Waals surface area contributed by atoms with E-state index in [1.54, 1.807) is 26.3 Å². The van der Waals surface area contributed by atoms with Crippen molar-refractivity contribution < 1.29 is 9.53 Å². The van der Waals surface area contributed by atoms with Gasteiger partial charge in [0.25, 0.3) is 5.91 Å². The number of amides is 1. The molecule has 0 saturated heterocycles. The average Bonchev–Trinajstić information content (AvgIpc) is 3.32. The molecule has 1 saturated carbocycles. The zero-order valence-electron chi connectivity index (χ0n) is 13.1. The molecule has 2 rings (SSSR count). The Bertz CT molecular complexity index is 500. The largest absolute Gasteiger partial charge is 0.397 e. The topological polar surface area (TPSA) is 67.6 Å². The Kier molecular flexibility index (Phi) is 5.07. The predicted octanol–water partition coefficient (Wildman–Crippen LogP) is 1.88. The van der Waals surface area contributed by atoms with Crippen LogP contribution in [0.3, 0.4) is 0 Å². The van der Waals surface area contributed by atoms with Gasteiger partial charge in [-0.25, -0.2) is 0 Å². The number of nitrogen functional groups attached to an aromatic ring is 1. The Balaban J connectivity index is 2.30. The first kappa shape index (κ1) is 15.6. The third kappa shape index (κ3) is 3.67. The molecule has 0 radical (unpaired) electrons. The van der Waals surface area contributed by atoms with Crippen molar-refractivity contribution in [2.75, 3.05) is 37.9 Å². The Hall–Kier alpha value is -1.75. The van der Waals surface area contributed by atoms with Gasteiger partial charge < -0.3 is 20.7 Å². The summed E-state index contributed by atoms with van der Waals surface area (Å²) in [4.78, 5) is 14.1. The maximum absolute atomic E-state index is 11.8. The Labute approximate surface area is 126 Å². The van der Waals surface area contributed by atoms with Gasteiger partial charge in [-0.15, -0.1) is 0 Å². The smallest absolute Gasteiger partial charge is 0.251 e. The molecule has 0 heterocycles. The van der Waals surface area contributed by atoms with Crippen molar-refractivity contribution in [3.63, 3.8) is 0 Å². The van der Waals surface area contributed by atoms with E-state index in [1.165, 1.54) is 12.8 Å². The van der Waals surface area contributed by atoms with E-state index in [2.05, 4.69) is 17.1 Å². The van der Waals surface area contributed by atoms with Crippen LogP contribution in [0, 0.1) is 5.92 Å². The van der Waals surface area contributed by atoms with E-state index < -0.39 is 0 Å². The minimum absolute atomic E-state index is 0.0954. The van der Waals surface area contributed by atoms with E-state index in [0.29, 0.717) is 29.8 Å². The highest BCUT2D eigenvalue weighted by atomic mass is 16.5. The Morgan fingerprint density at radius 1 is 1.52 bits per heavy atom. The maximum atomic E-state index is 11.8. The van der Waals surface area contributed by atoms with E-state index in [0.717, 1.165) is 12.2 Å². The number of hydrogen-bond donors (Lipinski definition) is 2. The molecule has 1 fully saturated rings. The first-order chi connectivity index (χ1) is 10.1. The van der Waals surface area contributed by atoms with Gasteiger partial charge in [0, 0.05) is 32.3 Å². The number of nitrogens with two attached hydrogens (primary N) is 1. The van der Waals surface area contributed by atoms with Gasteiger partial charge >= 0.3 is 0 Å². The number of nitrogens with one attached hydrogen (secondary N) is 1. The maximum Gasteiger partial charge on any atom is 0.251 e. The minimum Gasteiger partial charge on any atom is -0.397 e. The minimum atomic E-state index is -0.0954. The summed E-state index contributed by atoms with van der Waals surface area (Å²) in [5, 5.41) is 2.65. The zero-order chi connectivity index (χ0) is 15.4. The molecule has 1 atom stereocenters. The highest BCUT2D eigenvalue weighted by molar-refractivity contribution is 5.96. The van der Waals surface area contributed by atoms with Crippen LogP contribution in [0.2, 0.25) is 0 Å². The molecule has 21 heavy (non-hydrogen) atoms. The molecule has 1 aliphatic rings. The fourth-order valence-electron chi connectivity index (χ4n) is 2.64. The lowest BCUT2D eigenvalue weighted by Crippen LogP contribution is -2.38. The molecule has 5 nitrogen and oxygen atoms in total. The number of nitrogens with zero attached hydrogens (tertiary/aromatic N) is 1. The summed E-state index contributed by atoms with van der Waals surface area (Å²) in [7, 11) is 3.33. The van der Waals surface area contributed by atoms with Crippen LogP contribution in [0.25, 0.3) is 0 Å². The summed E-state index contributed by atoms with van der Waals surface area (Å²) >= 11 is 0. The van der Waals surface area contributed by atoms with Crippen LogP contribution >= 0.6 is 0 Å². The van der Waals surface area contributed by atoms with Gasteiger partial charge in [-0.1, -0.05) is 0 Å². The van der Waals surface area contributed by atoms with E-state index in [-0.39, 0.29) is 5.91 Å². The summed E-state index contributed by atoms with van der Waals surface area (Å²) in [6.45, 7) is 3.63. The molecule has 0 spiro atoms. The lowest BCUT2D eigenvalue weighted by atomic mass is 10.1. The van der Waals surface area contributed by atoms with Gasteiger partial charge in [0.05, 0.1) is 18.0 Å². The summed E-state index contributed by atoms with van der Waals surface area (Å²) < 4.78 is 5.22. The quantitative estimate of drug-likeness (QED) is 0.753. The van der Waals surface area contributed by atoms with Gasteiger partial charge in [-0.3, -0.25) is 4.79 Å². The van der Waals surface area contributed by atoms with Crippen LogP contribution < -0.4 is 16.0 Å². The van der Waals surface area contributed by atoms with Crippen molar-refractivity contribution in [3.8, 4) is 0 Å². The van der Waals surface area contributed by atoms with Crippen molar-refractivity contribution >= 4 is 17.3 Å². The molecule has 0 bridgehead atoms. The van der Waals surface area contributed by atoms with Crippen LogP contribution in [0.1, 0.15) is 30.1 Å². The molecule has 1 unspecified atom stereocenters. The molecule has 0 aromatic heterocycles. The second-order valence-corrected chi connectivity index (χ2v) is 5.62. The number of rotatable bonds is 7. The van der Waals surface area contributed by atoms with Crippen LogP contribution in [0.4, 0.5) is 11.4 Å². The number of ether oxygens (including phenoxy) is 1. The highest BCUT2D eigenvalue weighted by Crippen LogP contribution is 2.38. The van der Waals surface area contributed by atoms with Gasteiger partial charge in [0.15, 0.2) is 0 Å². The van der Waals surface area contributed by atoms with Gasteiger partial charge in [-0.2, -0.15) is 0 Å². The molecule has 3 N–H and O–H groups in total. The number of anilines is 2. The van der Waals surface area contributed by atoms with Crippen molar-refractivity contribution in [1.82, 2.24) is 5.32 Å². The standard InChI is InChI=1S/C16H25N3O2/c1-11(12-4-5-12)19(8-9-21-3)15-10-13(16(20)18-2)6-7-14(15)17/h6-7,10-12H,4-5,8-9,17H2,1-3H3,(H,18,20). The summed E-state index contributed by atoms with van der Waals surface area (Å²) in [5.74, 6) is 0.618. The van der Waals surface area contributed by atoms with Gasteiger partial charge in [0.2, 0.25) is 0 Å². The first-order valence-corrected chi connectivity index (χ1v) is 7.45. The second kappa shape index (κ2) is 6.80. The van der Waals surface area contributed by atoms with E-state index >= 15 is 0 Å². The number of carbonyl (C=O) groups excluding carboxylic acids is 1. The van der Waals surface area contributed by atoms with E-state index in [9.17, 15) is 4.79 Å². The zero-order valence-corrected chi connectivity index (χ0v) is 13.1. The molecule has 5 heteroatoms. The number of benzene rings is 1. The molecule has 1 aliphatic carbocycles. The normalized spacial score (nSPS) is 15.6. The van der Waals surface area contributed by atoms with Crippen LogP contribution in [0.5, 0.6) is 0 Å². The first-order valence-electron chi connectivity index (χ1n) is 7.45. The lowest BCUT2D eigenvalue weighted by Gasteiger charge is -2.32.